The molecular weight excluding hydrogens is 333 g/mol. The smallest absolute Gasteiger partial charge is 0.446 e. The summed E-state index contributed by atoms with van der Waals surface area (Å²) in [5.41, 5.74) is -4.35. The van der Waals surface area contributed by atoms with E-state index in [1.807, 2.05) is 0 Å². The van der Waals surface area contributed by atoms with E-state index in [0.717, 1.165) is 17.0 Å². The number of nitrogens with zero attached hydrogens (tertiary/aromatic N) is 2. The number of benzene rings is 1. The van der Waals surface area contributed by atoms with Gasteiger partial charge in [-0.1, -0.05) is 0 Å². The van der Waals surface area contributed by atoms with Gasteiger partial charge in [0.1, 0.15) is 6.61 Å². The SMILES string of the molecule is CC(=O)OCC(C)N(C#N)C(=O)c1ccc(SC(F)(F)F)cc1. The maximum Gasteiger partial charge on any atom is 0.446 e. The van der Waals surface area contributed by atoms with Crippen LogP contribution in [-0.4, -0.2) is 34.9 Å². The number of amides is 1. The largest absolute Gasteiger partial charge is 0.464 e. The third-order valence-corrected chi connectivity index (χ3v) is 3.37. The fourth-order valence-corrected chi connectivity index (χ4v) is 2.13. The van der Waals surface area contributed by atoms with Gasteiger partial charge in [0.25, 0.3) is 5.91 Å². The number of halogens is 3. The molecule has 1 amide bonds. The van der Waals surface area contributed by atoms with Crippen LogP contribution in [0.3, 0.4) is 0 Å². The lowest BCUT2D eigenvalue weighted by Gasteiger charge is -2.21. The molecule has 124 valence electrons. The van der Waals surface area contributed by atoms with Crippen molar-refractivity contribution >= 4 is 23.6 Å². The Hall–Kier alpha value is -2.21. The van der Waals surface area contributed by atoms with Gasteiger partial charge in [-0.2, -0.15) is 18.4 Å². The molecule has 0 spiro atoms. The zero-order valence-corrected chi connectivity index (χ0v) is 13.1. The highest BCUT2D eigenvalue weighted by molar-refractivity contribution is 8.00. The van der Waals surface area contributed by atoms with E-state index in [2.05, 4.69) is 0 Å². The molecule has 0 N–H and O–H groups in total. The van der Waals surface area contributed by atoms with Crippen LogP contribution in [0.25, 0.3) is 0 Å². The molecule has 0 radical (unpaired) electrons. The zero-order chi connectivity index (χ0) is 17.6. The number of nitriles is 1. The summed E-state index contributed by atoms with van der Waals surface area (Å²) in [6.07, 6.45) is 1.68. The molecule has 0 bridgehead atoms. The van der Waals surface area contributed by atoms with Crippen LogP contribution in [0, 0.1) is 11.5 Å². The number of carbonyl (C=O) groups excluding carboxylic acids is 2. The van der Waals surface area contributed by atoms with Crippen LogP contribution in [0.4, 0.5) is 13.2 Å². The van der Waals surface area contributed by atoms with E-state index >= 15 is 0 Å². The average Bonchev–Trinajstić information content (AvgIpc) is 2.44. The van der Waals surface area contributed by atoms with Crippen LogP contribution < -0.4 is 0 Å². The highest BCUT2D eigenvalue weighted by Crippen LogP contribution is 2.36. The molecule has 1 aromatic carbocycles. The standard InChI is InChI=1S/C14H13F3N2O3S/c1-9(7-22-10(2)20)19(8-18)13(21)11-3-5-12(6-4-11)23-14(15,16)17/h3-6,9H,7H2,1-2H3. The van der Waals surface area contributed by atoms with Crippen molar-refractivity contribution in [1.82, 2.24) is 4.90 Å². The van der Waals surface area contributed by atoms with Crippen LogP contribution in [0.15, 0.2) is 29.2 Å². The highest BCUT2D eigenvalue weighted by Gasteiger charge is 2.29. The Labute approximate surface area is 135 Å². The van der Waals surface area contributed by atoms with Crippen molar-refractivity contribution < 1.29 is 27.5 Å². The Kier molecular flexibility index (Phi) is 6.45. The molecule has 9 heteroatoms. The molecule has 1 atom stereocenters. The molecule has 0 saturated heterocycles. The van der Waals surface area contributed by atoms with E-state index in [4.69, 9.17) is 10.00 Å². The van der Waals surface area contributed by atoms with Crippen molar-refractivity contribution in [3.8, 4) is 6.19 Å². The second-order valence-corrected chi connectivity index (χ2v) is 5.64. The minimum absolute atomic E-state index is 0.0627. The third-order valence-electron chi connectivity index (χ3n) is 2.63. The summed E-state index contributed by atoms with van der Waals surface area (Å²) in [5.74, 6) is -1.23. The van der Waals surface area contributed by atoms with Crippen molar-refractivity contribution in [3.05, 3.63) is 29.8 Å². The number of hydrogen-bond donors (Lipinski definition) is 0. The van der Waals surface area contributed by atoms with Crippen LogP contribution in [0.2, 0.25) is 0 Å². The Morgan fingerprint density at radius 3 is 2.35 bits per heavy atom. The van der Waals surface area contributed by atoms with Crippen molar-refractivity contribution in [3.63, 3.8) is 0 Å². The lowest BCUT2D eigenvalue weighted by atomic mass is 10.2. The molecule has 0 aliphatic rings. The topological polar surface area (TPSA) is 70.4 Å². The maximum absolute atomic E-state index is 12.2. The quantitative estimate of drug-likeness (QED) is 0.354. The second kappa shape index (κ2) is 7.87. The molecule has 0 aliphatic heterocycles. The second-order valence-electron chi connectivity index (χ2n) is 4.50. The number of thioether (sulfide) groups is 1. The highest BCUT2D eigenvalue weighted by atomic mass is 32.2. The lowest BCUT2D eigenvalue weighted by molar-refractivity contribution is -0.142. The molecule has 0 heterocycles. The first kappa shape index (κ1) is 18.8. The number of carbonyl (C=O) groups is 2. The van der Waals surface area contributed by atoms with E-state index in [0.29, 0.717) is 0 Å². The normalized spacial score (nSPS) is 12.2. The summed E-state index contributed by atoms with van der Waals surface area (Å²) in [7, 11) is 0. The third kappa shape index (κ3) is 6.20. The van der Waals surface area contributed by atoms with Gasteiger partial charge < -0.3 is 4.74 Å². The van der Waals surface area contributed by atoms with Gasteiger partial charge in [-0.3, -0.25) is 9.59 Å². The average molecular weight is 346 g/mol. The molecule has 1 rings (SSSR count). The van der Waals surface area contributed by atoms with Crippen LogP contribution in [-0.2, 0) is 9.53 Å². The molecule has 0 aliphatic carbocycles. The Morgan fingerprint density at radius 2 is 1.91 bits per heavy atom. The minimum atomic E-state index is -4.41. The van der Waals surface area contributed by atoms with E-state index in [1.54, 1.807) is 6.19 Å². The number of ether oxygens (including phenoxy) is 1. The predicted molar refractivity (Wildman–Crippen MR) is 76.2 cm³/mol. The van der Waals surface area contributed by atoms with E-state index in [1.165, 1.54) is 26.0 Å². The fourth-order valence-electron chi connectivity index (χ4n) is 1.59. The molecule has 0 saturated carbocycles. The predicted octanol–water partition coefficient (Wildman–Crippen LogP) is 3.17. The number of rotatable bonds is 5. The summed E-state index contributed by atoms with van der Waals surface area (Å²) < 4.78 is 41.5. The Balaban J connectivity index is 2.82. The van der Waals surface area contributed by atoms with Gasteiger partial charge in [0.2, 0.25) is 0 Å². The summed E-state index contributed by atoms with van der Waals surface area (Å²) in [4.78, 5) is 23.7. The van der Waals surface area contributed by atoms with Crippen LogP contribution in [0.5, 0.6) is 0 Å². The fraction of sp³-hybridized carbons (Fsp3) is 0.357. The Bertz CT molecular complexity index is 611. The van der Waals surface area contributed by atoms with E-state index in [9.17, 15) is 22.8 Å². The molecule has 0 fully saturated rings. The van der Waals surface area contributed by atoms with E-state index in [-0.39, 0.29) is 28.8 Å². The van der Waals surface area contributed by atoms with Crippen LogP contribution in [0.1, 0.15) is 24.2 Å². The summed E-state index contributed by atoms with van der Waals surface area (Å²) in [6.45, 7) is 2.55. The summed E-state index contributed by atoms with van der Waals surface area (Å²) in [6, 6.07) is 4.02. The maximum atomic E-state index is 12.2. The number of hydrogen-bond acceptors (Lipinski definition) is 5. The Morgan fingerprint density at radius 1 is 1.35 bits per heavy atom. The van der Waals surface area contributed by atoms with Gasteiger partial charge in [-0.05, 0) is 43.0 Å². The zero-order valence-electron chi connectivity index (χ0n) is 12.3. The first-order valence-corrected chi connectivity index (χ1v) is 7.18. The van der Waals surface area contributed by atoms with Crippen molar-refractivity contribution in [2.24, 2.45) is 0 Å². The molecule has 23 heavy (non-hydrogen) atoms. The van der Waals surface area contributed by atoms with Gasteiger partial charge >= 0.3 is 11.5 Å². The van der Waals surface area contributed by atoms with Gasteiger partial charge in [-0.15, -0.1) is 0 Å². The molecular formula is C14H13F3N2O3S. The van der Waals surface area contributed by atoms with Crippen molar-refractivity contribution in [1.29, 1.82) is 5.26 Å². The van der Waals surface area contributed by atoms with Crippen LogP contribution >= 0.6 is 11.8 Å². The molecule has 1 aromatic rings. The van der Waals surface area contributed by atoms with Gasteiger partial charge in [-0.25, -0.2) is 4.90 Å². The van der Waals surface area contributed by atoms with Crippen molar-refractivity contribution in [2.45, 2.75) is 30.3 Å². The molecule has 0 aromatic heterocycles. The van der Waals surface area contributed by atoms with Crippen molar-refractivity contribution in [2.75, 3.05) is 6.61 Å². The van der Waals surface area contributed by atoms with Gasteiger partial charge in [0.05, 0.1) is 6.04 Å². The minimum Gasteiger partial charge on any atom is -0.464 e. The van der Waals surface area contributed by atoms with E-state index < -0.39 is 23.4 Å². The molecule has 1 unspecified atom stereocenters. The number of esters is 1. The number of alkyl halides is 3. The summed E-state index contributed by atoms with van der Waals surface area (Å²) in [5, 5.41) is 9.06. The van der Waals surface area contributed by atoms with Gasteiger partial charge in [0, 0.05) is 17.4 Å². The van der Waals surface area contributed by atoms with Gasteiger partial charge in [0.15, 0.2) is 6.19 Å². The monoisotopic (exact) mass is 346 g/mol. The first-order valence-electron chi connectivity index (χ1n) is 6.36. The first-order chi connectivity index (χ1) is 10.6. The lowest BCUT2D eigenvalue weighted by Crippen LogP contribution is -2.38. The summed E-state index contributed by atoms with van der Waals surface area (Å²) >= 11 is -0.294. The molecule has 5 nitrogen and oxygen atoms in total.